The van der Waals surface area contributed by atoms with Gasteiger partial charge in [0.25, 0.3) is 0 Å². The molecule has 16 heavy (non-hydrogen) atoms. The number of nitrogens with two attached hydrogens (primary N) is 2. The van der Waals surface area contributed by atoms with E-state index in [4.69, 9.17) is 11.5 Å². The minimum absolute atomic E-state index is 0.283. The molecular formula is C11H11BrN4. The largest absolute Gasteiger partial charge is 0.368 e. The Balaban J connectivity index is 2.39. The van der Waals surface area contributed by atoms with Crippen molar-refractivity contribution in [1.82, 2.24) is 9.97 Å². The summed E-state index contributed by atoms with van der Waals surface area (Å²) in [4.78, 5) is 8.54. The first-order valence-electron chi connectivity index (χ1n) is 5.11. The van der Waals surface area contributed by atoms with E-state index in [0.717, 1.165) is 33.9 Å². The Hall–Kier alpha value is -1.20. The Morgan fingerprint density at radius 3 is 2.69 bits per heavy atom. The number of fused-ring (bicyclic) bond motifs is 1. The third kappa shape index (κ3) is 1.39. The second-order valence-electron chi connectivity index (χ2n) is 4.22. The van der Waals surface area contributed by atoms with Gasteiger partial charge in [0.05, 0.1) is 16.7 Å². The number of hydrogen-bond donors (Lipinski definition) is 2. The van der Waals surface area contributed by atoms with E-state index in [-0.39, 0.29) is 11.5 Å². The van der Waals surface area contributed by atoms with E-state index < -0.39 is 0 Å². The number of aromatic nitrogens is 2. The van der Waals surface area contributed by atoms with Crippen molar-refractivity contribution in [2.75, 3.05) is 5.73 Å². The molecule has 0 radical (unpaired) electrons. The molecule has 1 saturated carbocycles. The Morgan fingerprint density at radius 1 is 1.25 bits per heavy atom. The minimum Gasteiger partial charge on any atom is -0.368 e. The lowest BCUT2D eigenvalue weighted by Crippen LogP contribution is -2.21. The number of halogens is 1. The van der Waals surface area contributed by atoms with Gasteiger partial charge in [-0.25, -0.2) is 9.97 Å². The molecule has 4 N–H and O–H groups in total. The van der Waals surface area contributed by atoms with Gasteiger partial charge in [0.2, 0.25) is 5.95 Å². The lowest BCUT2D eigenvalue weighted by atomic mass is 10.1. The highest BCUT2D eigenvalue weighted by Gasteiger charge is 2.43. The molecule has 5 heteroatoms. The van der Waals surface area contributed by atoms with E-state index in [9.17, 15) is 0 Å². The quantitative estimate of drug-likeness (QED) is 0.836. The van der Waals surface area contributed by atoms with Crippen LogP contribution in [0.1, 0.15) is 18.5 Å². The molecule has 1 aliphatic rings. The highest BCUT2D eigenvalue weighted by atomic mass is 79.9. The molecule has 0 aliphatic heterocycles. The van der Waals surface area contributed by atoms with Crippen molar-refractivity contribution >= 4 is 32.8 Å². The Kier molecular flexibility index (Phi) is 1.96. The van der Waals surface area contributed by atoms with Gasteiger partial charge in [0, 0.05) is 9.86 Å². The highest BCUT2D eigenvalue weighted by Crippen LogP contribution is 2.44. The van der Waals surface area contributed by atoms with Crippen LogP contribution in [0.15, 0.2) is 22.7 Å². The number of nitrogens with zero attached hydrogens (tertiary/aromatic N) is 2. The maximum atomic E-state index is 6.19. The molecule has 1 aromatic heterocycles. The molecule has 0 saturated heterocycles. The Morgan fingerprint density at radius 2 is 2.00 bits per heavy atom. The molecule has 1 heterocycles. The number of para-hydroxylation sites is 1. The van der Waals surface area contributed by atoms with Crippen LogP contribution in [-0.2, 0) is 5.54 Å². The summed E-state index contributed by atoms with van der Waals surface area (Å²) in [6.07, 6.45) is 1.93. The van der Waals surface area contributed by atoms with Crippen molar-refractivity contribution in [2.24, 2.45) is 5.73 Å². The van der Waals surface area contributed by atoms with E-state index >= 15 is 0 Å². The zero-order chi connectivity index (χ0) is 11.3. The van der Waals surface area contributed by atoms with Crippen molar-refractivity contribution in [2.45, 2.75) is 18.4 Å². The van der Waals surface area contributed by atoms with Gasteiger partial charge >= 0.3 is 0 Å². The topological polar surface area (TPSA) is 77.8 Å². The average Bonchev–Trinajstić information content (AvgIpc) is 2.98. The van der Waals surface area contributed by atoms with Gasteiger partial charge in [-0.15, -0.1) is 0 Å². The number of rotatable bonds is 1. The zero-order valence-corrected chi connectivity index (χ0v) is 10.2. The fourth-order valence-electron chi connectivity index (χ4n) is 1.89. The van der Waals surface area contributed by atoms with Crippen molar-refractivity contribution in [1.29, 1.82) is 0 Å². The summed E-state index contributed by atoms with van der Waals surface area (Å²) in [5, 5.41) is 0.989. The molecule has 0 amide bonds. The number of anilines is 1. The predicted octanol–water partition coefficient (Wildman–Crippen LogP) is 1.92. The first-order chi connectivity index (χ1) is 7.60. The molecule has 0 unspecified atom stereocenters. The fraction of sp³-hybridized carbons (Fsp3) is 0.273. The van der Waals surface area contributed by atoms with Crippen LogP contribution < -0.4 is 11.5 Å². The summed E-state index contributed by atoms with van der Waals surface area (Å²) in [5.74, 6) is 0.283. The average molecular weight is 279 g/mol. The summed E-state index contributed by atoms with van der Waals surface area (Å²) in [7, 11) is 0. The van der Waals surface area contributed by atoms with Crippen LogP contribution in [0.25, 0.3) is 10.9 Å². The van der Waals surface area contributed by atoms with Crippen molar-refractivity contribution in [3.8, 4) is 0 Å². The number of hydrogen-bond acceptors (Lipinski definition) is 4. The molecule has 1 fully saturated rings. The van der Waals surface area contributed by atoms with E-state index in [1.54, 1.807) is 0 Å². The normalized spacial score (nSPS) is 17.6. The van der Waals surface area contributed by atoms with Gasteiger partial charge < -0.3 is 11.5 Å². The monoisotopic (exact) mass is 278 g/mol. The maximum Gasteiger partial charge on any atom is 0.220 e. The molecule has 0 spiro atoms. The summed E-state index contributed by atoms with van der Waals surface area (Å²) < 4.78 is 0.921. The summed E-state index contributed by atoms with van der Waals surface area (Å²) in [6.45, 7) is 0. The van der Waals surface area contributed by atoms with Crippen LogP contribution in [0.4, 0.5) is 5.95 Å². The Labute approximate surface area is 101 Å². The molecule has 0 atom stereocenters. The number of nitrogen functional groups attached to an aromatic ring is 1. The molecule has 0 bridgehead atoms. The van der Waals surface area contributed by atoms with E-state index in [1.165, 1.54) is 0 Å². The lowest BCUT2D eigenvalue weighted by molar-refractivity contribution is 0.716. The first-order valence-corrected chi connectivity index (χ1v) is 5.90. The maximum absolute atomic E-state index is 6.19. The molecule has 4 nitrogen and oxygen atoms in total. The molecule has 3 rings (SSSR count). The SMILES string of the molecule is Nc1nc(C2(N)CC2)c2cccc(Br)c2n1. The second kappa shape index (κ2) is 3.15. The zero-order valence-electron chi connectivity index (χ0n) is 8.57. The van der Waals surface area contributed by atoms with Crippen molar-refractivity contribution in [3.63, 3.8) is 0 Å². The molecular weight excluding hydrogens is 268 g/mol. The van der Waals surface area contributed by atoms with E-state index in [0.29, 0.717) is 0 Å². The Bertz CT molecular complexity index is 577. The minimum atomic E-state index is -0.296. The second-order valence-corrected chi connectivity index (χ2v) is 5.08. The third-order valence-electron chi connectivity index (χ3n) is 2.95. The summed E-state index contributed by atoms with van der Waals surface area (Å²) >= 11 is 3.47. The van der Waals surface area contributed by atoms with Crippen LogP contribution in [0.3, 0.4) is 0 Å². The van der Waals surface area contributed by atoms with Crippen molar-refractivity contribution < 1.29 is 0 Å². The molecule has 1 aliphatic carbocycles. The molecule has 1 aromatic carbocycles. The van der Waals surface area contributed by atoms with E-state index in [1.807, 2.05) is 18.2 Å². The van der Waals surface area contributed by atoms with Crippen LogP contribution >= 0.6 is 15.9 Å². The third-order valence-corrected chi connectivity index (χ3v) is 3.59. The van der Waals surface area contributed by atoms with Gasteiger partial charge in [-0.05, 0) is 34.8 Å². The van der Waals surface area contributed by atoms with Gasteiger partial charge in [0.1, 0.15) is 0 Å². The van der Waals surface area contributed by atoms with Gasteiger partial charge in [-0.2, -0.15) is 0 Å². The van der Waals surface area contributed by atoms with Crippen molar-refractivity contribution in [3.05, 3.63) is 28.4 Å². The summed E-state index contributed by atoms with van der Waals surface area (Å²) in [6, 6.07) is 5.89. The smallest absolute Gasteiger partial charge is 0.220 e. The van der Waals surface area contributed by atoms with Crippen LogP contribution in [-0.4, -0.2) is 9.97 Å². The fourth-order valence-corrected chi connectivity index (χ4v) is 2.34. The molecule has 82 valence electrons. The molecule has 2 aromatic rings. The number of benzene rings is 1. The van der Waals surface area contributed by atoms with Gasteiger partial charge in [0.15, 0.2) is 0 Å². The summed E-state index contributed by atoms with van der Waals surface area (Å²) in [5.41, 5.74) is 13.3. The van der Waals surface area contributed by atoms with Crippen LogP contribution in [0, 0.1) is 0 Å². The van der Waals surface area contributed by atoms with Gasteiger partial charge in [-0.3, -0.25) is 0 Å². The van der Waals surface area contributed by atoms with E-state index in [2.05, 4.69) is 25.9 Å². The lowest BCUT2D eigenvalue weighted by Gasteiger charge is -2.12. The predicted molar refractivity (Wildman–Crippen MR) is 66.7 cm³/mol. The van der Waals surface area contributed by atoms with Gasteiger partial charge in [-0.1, -0.05) is 12.1 Å². The van der Waals surface area contributed by atoms with Crippen LogP contribution in [0.2, 0.25) is 0 Å². The highest BCUT2D eigenvalue weighted by molar-refractivity contribution is 9.10. The van der Waals surface area contributed by atoms with Crippen LogP contribution in [0.5, 0.6) is 0 Å². The first kappa shape index (κ1) is 9.99. The standard InChI is InChI=1S/C11H11BrN4/c12-7-3-1-2-6-8(7)15-10(13)16-9(6)11(14)4-5-11/h1-3H,4-5,14H2,(H2,13,15,16).